The Hall–Kier alpha value is -2.56. The molecule has 0 aliphatic heterocycles. The van der Waals surface area contributed by atoms with Gasteiger partial charge in [-0.25, -0.2) is 4.39 Å². The molecule has 0 radical (unpaired) electrons. The maximum atomic E-state index is 12.9. The first-order valence-electron chi connectivity index (χ1n) is 8.29. The third kappa shape index (κ3) is 6.10. The van der Waals surface area contributed by atoms with Crippen molar-refractivity contribution in [2.24, 2.45) is 5.92 Å². The SMILES string of the molecule is COc1ccc(C(CC(C)C)NC(=O)COc2ccc(F)cc2)cc1. The minimum atomic E-state index is -0.340. The van der Waals surface area contributed by atoms with Gasteiger partial charge in [0.25, 0.3) is 5.91 Å². The molecule has 1 N–H and O–H groups in total. The van der Waals surface area contributed by atoms with E-state index in [-0.39, 0.29) is 24.4 Å². The molecule has 25 heavy (non-hydrogen) atoms. The summed E-state index contributed by atoms with van der Waals surface area (Å²) in [6.45, 7) is 4.10. The molecule has 4 nitrogen and oxygen atoms in total. The van der Waals surface area contributed by atoms with Crippen molar-refractivity contribution in [3.63, 3.8) is 0 Å². The first kappa shape index (κ1) is 18.8. The second kappa shape index (κ2) is 9.06. The minimum Gasteiger partial charge on any atom is -0.497 e. The zero-order valence-electron chi connectivity index (χ0n) is 14.8. The van der Waals surface area contributed by atoms with Crippen LogP contribution in [0.5, 0.6) is 11.5 Å². The number of hydrogen-bond donors (Lipinski definition) is 1. The molecule has 0 bridgehead atoms. The van der Waals surface area contributed by atoms with Crippen molar-refractivity contribution < 1.29 is 18.7 Å². The predicted octanol–water partition coefficient (Wildman–Crippen LogP) is 4.12. The van der Waals surface area contributed by atoms with Crippen LogP contribution in [0.1, 0.15) is 31.9 Å². The Labute approximate surface area is 148 Å². The van der Waals surface area contributed by atoms with Gasteiger partial charge in [-0.3, -0.25) is 4.79 Å². The first-order chi connectivity index (χ1) is 12.0. The average molecular weight is 345 g/mol. The molecule has 134 valence electrons. The number of ether oxygens (including phenoxy) is 2. The summed E-state index contributed by atoms with van der Waals surface area (Å²) in [4.78, 5) is 12.2. The lowest BCUT2D eigenvalue weighted by Crippen LogP contribution is -2.33. The largest absolute Gasteiger partial charge is 0.497 e. The van der Waals surface area contributed by atoms with Crippen molar-refractivity contribution in [3.05, 3.63) is 59.9 Å². The van der Waals surface area contributed by atoms with Gasteiger partial charge < -0.3 is 14.8 Å². The fourth-order valence-corrected chi connectivity index (χ4v) is 2.50. The van der Waals surface area contributed by atoms with Crippen LogP contribution in [0.15, 0.2) is 48.5 Å². The highest BCUT2D eigenvalue weighted by molar-refractivity contribution is 5.78. The van der Waals surface area contributed by atoms with E-state index < -0.39 is 0 Å². The summed E-state index contributed by atoms with van der Waals surface area (Å²) in [6, 6.07) is 13.1. The number of carbonyl (C=O) groups excluding carboxylic acids is 1. The topological polar surface area (TPSA) is 47.6 Å². The third-order valence-corrected chi connectivity index (χ3v) is 3.74. The molecule has 0 heterocycles. The summed E-state index contributed by atoms with van der Waals surface area (Å²) in [5.74, 6) is 1.10. The number of hydrogen-bond acceptors (Lipinski definition) is 3. The molecule has 0 aromatic heterocycles. The van der Waals surface area contributed by atoms with Crippen LogP contribution in [0, 0.1) is 11.7 Å². The van der Waals surface area contributed by atoms with Crippen LogP contribution in [-0.2, 0) is 4.79 Å². The third-order valence-electron chi connectivity index (χ3n) is 3.74. The van der Waals surface area contributed by atoms with Crippen molar-refractivity contribution >= 4 is 5.91 Å². The zero-order chi connectivity index (χ0) is 18.2. The van der Waals surface area contributed by atoms with E-state index in [9.17, 15) is 9.18 Å². The molecular formula is C20H24FNO3. The van der Waals surface area contributed by atoms with Gasteiger partial charge in [0.05, 0.1) is 13.2 Å². The Morgan fingerprint density at radius 2 is 1.64 bits per heavy atom. The highest BCUT2D eigenvalue weighted by Gasteiger charge is 2.16. The van der Waals surface area contributed by atoms with E-state index in [2.05, 4.69) is 19.2 Å². The summed E-state index contributed by atoms with van der Waals surface area (Å²) in [6.07, 6.45) is 0.814. The van der Waals surface area contributed by atoms with E-state index in [4.69, 9.17) is 9.47 Å². The van der Waals surface area contributed by atoms with Gasteiger partial charge in [0.1, 0.15) is 17.3 Å². The number of benzene rings is 2. The number of amides is 1. The fraction of sp³-hybridized carbons (Fsp3) is 0.350. The van der Waals surface area contributed by atoms with Crippen LogP contribution in [0.4, 0.5) is 4.39 Å². The Morgan fingerprint density at radius 3 is 2.20 bits per heavy atom. The molecule has 2 aromatic carbocycles. The van der Waals surface area contributed by atoms with Gasteiger partial charge in [-0.15, -0.1) is 0 Å². The van der Waals surface area contributed by atoms with Crippen molar-refractivity contribution in [2.45, 2.75) is 26.3 Å². The monoisotopic (exact) mass is 345 g/mol. The molecule has 1 amide bonds. The van der Waals surface area contributed by atoms with Gasteiger partial charge in [0.15, 0.2) is 6.61 Å². The van der Waals surface area contributed by atoms with Crippen molar-refractivity contribution in [2.75, 3.05) is 13.7 Å². The quantitative estimate of drug-likeness (QED) is 0.783. The Kier molecular flexibility index (Phi) is 6.81. The maximum absolute atomic E-state index is 12.9. The number of carbonyl (C=O) groups is 1. The van der Waals surface area contributed by atoms with Crippen LogP contribution < -0.4 is 14.8 Å². The van der Waals surface area contributed by atoms with Crippen LogP contribution >= 0.6 is 0 Å². The molecule has 0 saturated heterocycles. The normalized spacial score (nSPS) is 11.9. The lowest BCUT2D eigenvalue weighted by atomic mass is 9.97. The van der Waals surface area contributed by atoms with Crippen LogP contribution in [0.25, 0.3) is 0 Å². The van der Waals surface area contributed by atoms with E-state index in [0.29, 0.717) is 11.7 Å². The van der Waals surface area contributed by atoms with Gasteiger partial charge >= 0.3 is 0 Å². The summed E-state index contributed by atoms with van der Waals surface area (Å²) >= 11 is 0. The summed E-state index contributed by atoms with van der Waals surface area (Å²) < 4.78 is 23.5. The number of nitrogens with one attached hydrogen (secondary N) is 1. The Bertz CT molecular complexity index is 668. The molecule has 0 saturated carbocycles. The Balaban J connectivity index is 1.97. The molecule has 2 rings (SSSR count). The van der Waals surface area contributed by atoms with E-state index >= 15 is 0 Å². The number of rotatable bonds is 8. The summed E-state index contributed by atoms with van der Waals surface area (Å²) in [5, 5.41) is 3.00. The van der Waals surface area contributed by atoms with E-state index in [1.807, 2.05) is 24.3 Å². The van der Waals surface area contributed by atoms with Crippen LogP contribution in [-0.4, -0.2) is 19.6 Å². The smallest absolute Gasteiger partial charge is 0.258 e. The molecule has 5 heteroatoms. The van der Waals surface area contributed by atoms with E-state index in [1.165, 1.54) is 24.3 Å². The zero-order valence-corrected chi connectivity index (χ0v) is 14.8. The second-order valence-electron chi connectivity index (χ2n) is 6.27. The first-order valence-corrected chi connectivity index (χ1v) is 8.29. The lowest BCUT2D eigenvalue weighted by molar-refractivity contribution is -0.124. The Morgan fingerprint density at radius 1 is 1.04 bits per heavy atom. The molecule has 0 aliphatic carbocycles. The van der Waals surface area contributed by atoms with E-state index in [1.54, 1.807) is 7.11 Å². The van der Waals surface area contributed by atoms with Crippen molar-refractivity contribution in [1.29, 1.82) is 0 Å². The molecule has 0 spiro atoms. The maximum Gasteiger partial charge on any atom is 0.258 e. The van der Waals surface area contributed by atoms with Gasteiger partial charge in [-0.05, 0) is 54.3 Å². The van der Waals surface area contributed by atoms with Crippen molar-refractivity contribution in [1.82, 2.24) is 5.32 Å². The average Bonchev–Trinajstić information content (AvgIpc) is 2.60. The van der Waals surface area contributed by atoms with E-state index in [0.717, 1.165) is 17.7 Å². The molecule has 1 unspecified atom stereocenters. The van der Waals surface area contributed by atoms with Gasteiger partial charge in [-0.2, -0.15) is 0 Å². The molecule has 0 fully saturated rings. The highest BCUT2D eigenvalue weighted by atomic mass is 19.1. The van der Waals surface area contributed by atoms with Crippen LogP contribution in [0.3, 0.4) is 0 Å². The second-order valence-corrected chi connectivity index (χ2v) is 6.27. The number of methoxy groups -OCH3 is 1. The van der Waals surface area contributed by atoms with Gasteiger partial charge in [0.2, 0.25) is 0 Å². The summed E-state index contributed by atoms with van der Waals surface area (Å²) in [7, 11) is 1.62. The predicted molar refractivity (Wildman–Crippen MR) is 95.2 cm³/mol. The van der Waals surface area contributed by atoms with Crippen molar-refractivity contribution in [3.8, 4) is 11.5 Å². The van der Waals surface area contributed by atoms with Gasteiger partial charge in [0, 0.05) is 0 Å². The molecule has 2 aromatic rings. The fourth-order valence-electron chi connectivity index (χ4n) is 2.50. The minimum absolute atomic E-state index is 0.102. The highest BCUT2D eigenvalue weighted by Crippen LogP contribution is 2.23. The molecular weight excluding hydrogens is 321 g/mol. The van der Waals surface area contributed by atoms with Gasteiger partial charge in [-0.1, -0.05) is 26.0 Å². The van der Waals surface area contributed by atoms with Crippen LogP contribution in [0.2, 0.25) is 0 Å². The lowest BCUT2D eigenvalue weighted by Gasteiger charge is -2.21. The summed E-state index contributed by atoms with van der Waals surface area (Å²) in [5.41, 5.74) is 1.02. The standard InChI is InChI=1S/C20H24FNO3/c1-14(2)12-19(15-4-8-17(24-3)9-5-15)22-20(23)13-25-18-10-6-16(21)7-11-18/h4-11,14,19H,12-13H2,1-3H3,(H,22,23). The molecule has 0 aliphatic rings. The number of halogens is 1. The molecule has 1 atom stereocenters.